The van der Waals surface area contributed by atoms with Crippen molar-refractivity contribution >= 4 is 17.6 Å². The van der Waals surface area contributed by atoms with Crippen molar-refractivity contribution < 1.29 is 18.7 Å². The molecule has 0 fully saturated rings. The maximum atomic E-state index is 14.1. The molecule has 0 spiro atoms. The maximum Gasteiger partial charge on any atom is 0.343 e. The number of aromatic nitrogens is 2. The Morgan fingerprint density at radius 2 is 1.86 bits per heavy atom. The van der Waals surface area contributed by atoms with Crippen molar-refractivity contribution in [2.24, 2.45) is 0 Å². The summed E-state index contributed by atoms with van der Waals surface area (Å²) in [5.41, 5.74) is 0.578. The van der Waals surface area contributed by atoms with Gasteiger partial charge < -0.3 is 9.47 Å². The number of hydrogen-bond donors (Lipinski definition) is 0. The Bertz CT molecular complexity index is 1080. The molecule has 0 aliphatic carbocycles. The number of benzene rings is 2. The van der Waals surface area contributed by atoms with Gasteiger partial charge in [-0.15, -0.1) is 0 Å². The molecule has 8 heteroatoms. The van der Waals surface area contributed by atoms with Gasteiger partial charge in [-0.1, -0.05) is 23.7 Å². The molecule has 0 unspecified atom stereocenters. The van der Waals surface area contributed by atoms with Crippen LogP contribution in [0.1, 0.15) is 15.9 Å². The molecule has 0 aliphatic rings. The fraction of sp³-hybridized carbons (Fsp3) is 0.150. The second-order valence-corrected chi connectivity index (χ2v) is 6.31. The minimum Gasteiger partial charge on any atom is -0.494 e. The van der Waals surface area contributed by atoms with Gasteiger partial charge in [-0.3, -0.25) is 4.79 Å². The molecule has 0 aliphatic heterocycles. The lowest BCUT2D eigenvalue weighted by Gasteiger charge is -2.11. The molecular weight excluding hydrogens is 387 g/mol. The SMILES string of the molecule is COC(=O)c1cc(-c2ccc(OC)c(F)c2)nn(Cc2ccc(Cl)cc2)c1=O. The highest BCUT2D eigenvalue weighted by molar-refractivity contribution is 6.30. The zero-order valence-electron chi connectivity index (χ0n) is 15.1. The van der Waals surface area contributed by atoms with Gasteiger partial charge in [0.25, 0.3) is 5.56 Å². The quantitative estimate of drug-likeness (QED) is 0.610. The average Bonchev–Trinajstić information content (AvgIpc) is 2.70. The van der Waals surface area contributed by atoms with Gasteiger partial charge >= 0.3 is 5.97 Å². The third kappa shape index (κ3) is 4.04. The Hall–Kier alpha value is -3.19. The largest absolute Gasteiger partial charge is 0.494 e. The van der Waals surface area contributed by atoms with E-state index < -0.39 is 17.3 Å². The topological polar surface area (TPSA) is 70.4 Å². The predicted molar refractivity (Wildman–Crippen MR) is 102 cm³/mol. The van der Waals surface area contributed by atoms with E-state index in [0.717, 1.165) is 10.2 Å². The molecule has 28 heavy (non-hydrogen) atoms. The Kier molecular flexibility index (Phi) is 5.75. The van der Waals surface area contributed by atoms with Crippen LogP contribution < -0.4 is 10.3 Å². The zero-order chi connectivity index (χ0) is 20.3. The van der Waals surface area contributed by atoms with Gasteiger partial charge in [0.2, 0.25) is 0 Å². The molecule has 0 radical (unpaired) electrons. The van der Waals surface area contributed by atoms with E-state index in [1.165, 1.54) is 32.4 Å². The van der Waals surface area contributed by atoms with E-state index in [4.69, 9.17) is 21.1 Å². The first kappa shape index (κ1) is 19.6. The first-order chi connectivity index (χ1) is 13.4. The van der Waals surface area contributed by atoms with Crippen molar-refractivity contribution in [2.45, 2.75) is 6.54 Å². The third-order valence-electron chi connectivity index (χ3n) is 4.07. The van der Waals surface area contributed by atoms with Crippen molar-refractivity contribution in [1.29, 1.82) is 0 Å². The summed E-state index contributed by atoms with van der Waals surface area (Å²) in [4.78, 5) is 24.7. The van der Waals surface area contributed by atoms with Crippen LogP contribution >= 0.6 is 11.6 Å². The first-order valence-corrected chi connectivity index (χ1v) is 8.59. The summed E-state index contributed by atoms with van der Waals surface area (Å²) in [7, 11) is 2.54. The van der Waals surface area contributed by atoms with E-state index in [2.05, 4.69) is 5.10 Å². The van der Waals surface area contributed by atoms with Crippen LogP contribution in [-0.2, 0) is 11.3 Å². The van der Waals surface area contributed by atoms with E-state index in [0.29, 0.717) is 10.6 Å². The van der Waals surface area contributed by atoms with Crippen molar-refractivity contribution in [3.05, 3.63) is 80.9 Å². The summed E-state index contributed by atoms with van der Waals surface area (Å²) < 4.78 is 24.8. The van der Waals surface area contributed by atoms with Gasteiger partial charge in [0, 0.05) is 10.6 Å². The number of rotatable bonds is 5. The first-order valence-electron chi connectivity index (χ1n) is 8.21. The Morgan fingerprint density at radius 3 is 2.46 bits per heavy atom. The molecule has 1 aromatic heterocycles. The molecule has 6 nitrogen and oxygen atoms in total. The van der Waals surface area contributed by atoms with Gasteiger partial charge in [-0.2, -0.15) is 5.10 Å². The molecule has 0 saturated heterocycles. The number of ether oxygens (including phenoxy) is 2. The summed E-state index contributed by atoms with van der Waals surface area (Å²) in [6.07, 6.45) is 0. The standard InChI is InChI=1S/C20H16ClFN2O4/c1-27-18-8-5-13(9-16(18)22)17-10-15(20(26)28-2)19(25)24(23-17)11-12-3-6-14(21)7-4-12/h3-10H,11H2,1-2H3. The van der Waals surface area contributed by atoms with E-state index in [1.54, 1.807) is 30.3 Å². The van der Waals surface area contributed by atoms with E-state index in [-0.39, 0.29) is 23.6 Å². The number of nitrogens with zero attached hydrogens (tertiary/aromatic N) is 2. The van der Waals surface area contributed by atoms with Crippen molar-refractivity contribution in [3.63, 3.8) is 0 Å². The maximum absolute atomic E-state index is 14.1. The summed E-state index contributed by atoms with van der Waals surface area (Å²) in [5.74, 6) is -1.31. The van der Waals surface area contributed by atoms with Gasteiger partial charge in [0.1, 0.15) is 5.56 Å². The number of halogens is 2. The van der Waals surface area contributed by atoms with E-state index in [1.807, 2.05) is 0 Å². The van der Waals surface area contributed by atoms with E-state index >= 15 is 0 Å². The van der Waals surface area contributed by atoms with Crippen LogP contribution in [0.4, 0.5) is 4.39 Å². The Morgan fingerprint density at radius 1 is 1.14 bits per heavy atom. The van der Waals surface area contributed by atoms with Crippen molar-refractivity contribution in [2.75, 3.05) is 14.2 Å². The molecule has 144 valence electrons. The Labute approximate surface area is 165 Å². The molecule has 0 atom stereocenters. The minimum absolute atomic E-state index is 0.0754. The minimum atomic E-state index is -0.799. The summed E-state index contributed by atoms with van der Waals surface area (Å²) in [6.45, 7) is 0.104. The van der Waals surface area contributed by atoms with Crippen molar-refractivity contribution in [1.82, 2.24) is 9.78 Å². The molecule has 3 aromatic rings. The van der Waals surface area contributed by atoms with Crippen LogP contribution in [0.5, 0.6) is 5.75 Å². The summed E-state index contributed by atoms with van der Waals surface area (Å²) in [5, 5.41) is 4.85. The molecule has 0 bridgehead atoms. The van der Waals surface area contributed by atoms with Gasteiger partial charge in [0.15, 0.2) is 11.6 Å². The highest BCUT2D eigenvalue weighted by Crippen LogP contribution is 2.24. The van der Waals surface area contributed by atoms with Gasteiger partial charge in [0.05, 0.1) is 26.5 Å². The second-order valence-electron chi connectivity index (χ2n) is 5.87. The highest BCUT2D eigenvalue weighted by Gasteiger charge is 2.18. The zero-order valence-corrected chi connectivity index (χ0v) is 15.9. The normalized spacial score (nSPS) is 10.6. The predicted octanol–water partition coefficient (Wildman–Crippen LogP) is 3.55. The lowest BCUT2D eigenvalue weighted by molar-refractivity contribution is 0.0597. The van der Waals surface area contributed by atoms with Crippen LogP contribution in [0.2, 0.25) is 5.02 Å². The van der Waals surface area contributed by atoms with Crippen LogP contribution in [0.3, 0.4) is 0 Å². The molecule has 1 heterocycles. The van der Waals surface area contributed by atoms with Crippen LogP contribution in [0.15, 0.2) is 53.3 Å². The molecule has 2 aromatic carbocycles. The monoisotopic (exact) mass is 402 g/mol. The highest BCUT2D eigenvalue weighted by atomic mass is 35.5. The number of carbonyl (C=O) groups excluding carboxylic acids is 1. The fourth-order valence-corrected chi connectivity index (χ4v) is 2.76. The number of methoxy groups -OCH3 is 2. The van der Waals surface area contributed by atoms with E-state index in [9.17, 15) is 14.0 Å². The molecule has 0 amide bonds. The molecular formula is C20H16ClFN2O4. The Balaban J connectivity index is 2.12. The summed E-state index contributed by atoms with van der Waals surface area (Å²) in [6, 6.07) is 12.4. The number of esters is 1. The van der Waals surface area contributed by atoms with Crippen LogP contribution in [-0.4, -0.2) is 30.0 Å². The number of carbonyl (C=O) groups is 1. The average molecular weight is 403 g/mol. The van der Waals surface area contributed by atoms with Crippen LogP contribution in [0, 0.1) is 5.82 Å². The molecule has 3 rings (SSSR count). The van der Waals surface area contributed by atoms with Gasteiger partial charge in [-0.05, 0) is 42.0 Å². The fourth-order valence-electron chi connectivity index (χ4n) is 2.63. The van der Waals surface area contributed by atoms with Crippen LogP contribution in [0.25, 0.3) is 11.3 Å². The number of hydrogen-bond acceptors (Lipinski definition) is 5. The summed E-state index contributed by atoms with van der Waals surface area (Å²) >= 11 is 5.89. The lowest BCUT2D eigenvalue weighted by Crippen LogP contribution is -2.30. The van der Waals surface area contributed by atoms with Crippen molar-refractivity contribution in [3.8, 4) is 17.0 Å². The van der Waals surface area contributed by atoms with Gasteiger partial charge in [-0.25, -0.2) is 13.9 Å². The molecule has 0 saturated carbocycles. The third-order valence-corrected chi connectivity index (χ3v) is 4.32. The second kappa shape index (κ2) is 8.22. The smallest absolute Gasteiger partial charge is 0.343 e. The lowest BCUT2D eigenvalue weighted by atomic mass is 10.1. The molecule has 0 N–H and O–H groups in total.